The Morgan fingerprint density at radius 3 is 1.68 bits per heavy atom. The zero-order valence-electron chi connectivity index (χ0n) is 21.2. The molecule has 184 valence electrons. The molecule has 0 N–H and O–H groups in total. The lowest BCUT2D eigenvalue weighted by Gasteiger charge is -2.16. The highest BCUT2D eigenvalue weighted by Gasteiger charge is 2.21. The molecule has 7 aromatic rings. The van der Waals surface area contributed by atoms with Crippen molar-refractivity contribution in [3.63, 3.8) is 0 Å². The van der Waals surface area contributed by atoms with Crippen LogP contribution in [0.1, 0.15) is 0 Å². The molecule has 0 spiro atoms. The Bertz CT molecular complexity index is 2160. The molecule has 0 saturated carbocycles. The smallest absolute Gasteiger partial charge is 0.215 e. The van der Waals surface area contributed by atoms with Crippen LogP contribution in [0, 0.1) is 13.1 Å². The lowest BCUT2D eigenvalue weighted by molar-refractivity contribution is 1.30. The molecular formula is C35H19N5. The minimum Gasteiger partial charge on any atom is -0.255 e. The Balaban J connectivity index is 1.67. The fourth-order valence-electron chi connectivity index (χ4n) is 5.21. The number of pyridine rings is 1. The van der Waals surface area contributed by atoms with Gasteiger partial charge in [0.25, 0.3) is 0 Å². The van der Waals surface area contributed by atoms with E-state index in [0.29, 0.717) is 22.4 Å². The molecule has 0 bridgehead atoms. The van der Waals surface area contributed by atoms with Crippen molar-refractivity contribution in [2.45, 2.75) is 0 Å². The van der Waals surface area contributed by atoms with Gasteiger partial charge in [0.05, 0.1) is 46.8 Å². The summed E-state index contributed by atoms with van der Waals surface area (Å²) in [6, 6.07) is 37.3. The average Bonchev–Trinajstić information content (AvgIpc) is 3.04. The monoisotopic (exact) mass is 509 g/mol. The second-order valence-corrected chi connectivity index (χ2v) is 9.42. The molecule has 7 rings (SSSR count). The van der Waals surface area contributed by atoms with E-state index >= 15 is 0 Å². The second kappa shape index (κ2) is 9.44. The third-order valence-corrected chi connectivity index (χ3v) is 7.07. The molecule has 2 heterocycles. The lowest BCUT2D eigenvalue weighted by atomic mass is 9.96. The van der Waals surface area contributed by atoms with Gasteiger partial charge in [-0.15, -0.1) is 0 Å². The third-order valence-electron chi connectivity index (χ3n) is 7.07. The quantitative estimate of drug-likeness (QED) is 0.176. The number of hydrogen-bond acceptors (Lipinski definition) is 3. The van der Waals surface area contributed by atoms with Gasteiger partial charge in [0.1, 0.15) is 0 Å². The Kier molecular flexibility index (Phi) is 5.48. The van der Waals surface area contributed by atoms with Crippen molar-refractivity contribution in [3.05, 3.63) is 138 Å². The molecule has 5 nitrogen and oxygen atoms in total. The summed E-state index contributed by atoms with van der Waals surface area (Å²) in [4.78, 5) is 22.9. The Morgan fingerprint density at radius 1 is 0.475 bits per heavy atom. The summed E-state index contributed by atoms with van der Waals surface area (Å²) >= 11 is 0. The molecule has 5 heteroatoms. The third kappa shape index (κ3) is 3.74. The minimum absolute atomic E-state index is 0.419. The molecule has 0 saturated heterocycles. The highest BCUT2D eigenvalue weighted by molar-refractivity contribution is 6.23. The van der Waals surface area contributed by atoms with Crippen LogP contribution in [0.5, 0.6) is 0 Å². The van der Waals surface area contributed by atoms with Gasteiger partial charge >= 0.3 is 0 Å². The van der Waals surface area contributed by atoms with Crippen molar-refractivity contribution < 1.29 is 0 Å². The SMILES string of the molecule is [C-]#[N+]c1ccc(-c2nc3ccccc3c3c2cc([N+]#[C-])c2nc(-c4ccccc4)c(-c4ccccc4)nc23)cc1. The summed E-state index contributed by atoms with van der Waals surface area (Å²) in [5.41, 5.74) is 8.03. The lowest BCUT2D eigenvalue weighted by Crippen LogP contribution is -1.98. The Hall–Kier alpha value is -5.91. The first-order valence-electron chi connectivity index (χ1n) is 12.8. The minimum atomic E-state index is 0.419. The normalized spacial score (nSPS) is 10.9. The van der Waals surface area contributed by atoms with E-state index in [2.05, 4.69) is 9.69 Å². The number of rotatable bonds is 3. The van der Waals surface area contributed by atoms with E-state index in [4.69, 9.17) is 28.1 Å². The van der Waals surface area contributed by atoms with Crippen LogP contribution in [0.2, 0.25) is 0 Å². The molecule has 40 heavy (non-hydrogen) atoms. The van der Waals surface area contributed by atoms with E-state index in [1.165, 1.54) is 0 Å². The summed E-state index contributed by atoms with van der Waals surface area (Å²) in [7, 11) is 0. The maximum Gasteiger partial charge on any atom is 0.215 e. The number of fused-ring (bicyclic) bond motifs is 5. The van der Waals surface area contributed by atoms with Crippen molar-refractivity contribution in [1.29, 1.82) is 0 Å². The topological polar surface area (TPSA) is 47.4 Å². The van der Waals surface area contributed by atoms with E-state index < -0.39 is 0 Å². The fraction of sp³-hybridized carbons (Fsp3) is 0. The van der Waals surface area contributed by atoms with Gasteiger partial charge in [-0.2, -0.15) is 0 Å². The van der Waals surface area contributed by atoms with Crippen LogP contribution in [0.15, 0.2) is 115 Å². The number of hydrogen-bond donors (Lipinski definition) is 0. The van der Waals surface area contributed by atoms with Gasteiger partial charge in [0.15, 0.2) is 5.69 Å². The zero-order chi connectivity index (χ0) is 27.1. The van der Waals surface area contributed by atoms with Crippen molar-refractivity contribution in [1.82, 2.24) is 15.0 Å². The van der Waals surface area contributed by atoms with Gasteiger partial charge in [-0.3, -0.25) is 4.98 Å². The maximum atomic E-state index is 8.09. The van der Waals surface area contributed by atoms with Crippen molar-refractivity contribution in [3.8, 4) is 33.8 Å². The first-order valence-corrected chi connectivity index (χ1v) is 12.8. The van der Waals surface area contributed by atoms with Crippen LogP contribution in [0.4, 0.5) is 11.4 Å². The van der Waals surface area contributed by atoms with E-state index in [9.17, 15) is 0 Å². The van der Waals surface area contributed by atoms with Crippen LogP contribution in [-0.4, -0.2) is 15.0 Å². The Morgan fingerprint density at radius 2 is 1.05 bits per heavy atom. The van der Waals surface area contributed by atoms with Crippen LogP contribution in [-0.2, 0) is 0 Å². The Labute approximate surface area is 230 Å². The largest absolute Gasteiger partial charge is 0.255 e. The van der Waals surface area contributed by atoms with Gasteiger partial charge in [0.2, 0.25) is 5.69 Å². The molecule has 0 radical (unpaired) electrons. The zero-order valence-corrected chi connectivity index (χ0v) is 21.2. The summed E-state index contributed by atoms with van der Waals surface area (Å²) in [5.74, 6) is 0. The van der Waals surface area contributed by atoms with E-state index in [0.717, 1.165) is 55.4 Å². The molecule has 0 aliphatic carbocycles. The highest BCUT2D eigenvalue weighted by atomic mass is 14.9. The molecule has 0 aliphatic heterocycles. The van der Waals surface area contributed by atoms with Crippen molar-refractivity contribution in [2.24, 2.45) is 0 Å². The van der Waals surface area contributed by atoms with E-state index in [1.807, 2.05) is 103 Å². The van der Waals surface area contributed by atoms with Gasteiger partial charge in [0, 0.05) is 27.3 Å². The van der Waals surface area contributed by atoms with Crippen LogP contribution >= 0.6 is 0 Å². The van der Waals surface area contributed by atoms with Gasteiger partial charge in [-0.1, -0.05) is 103 Å². The van der Waals surface area contributed by atoms with E-state index in [-0.39, 0.29) is 0 Å². The first-order chi connectivity index (χ1) is 19.7. The molecular weight excluding hydrogens is 490 g/mol. The van der Waals surface area contributed by atoms with E-state index in [1.54, 1.807) is 12.1 Å². The summed E-state index contributed by atoms with van der Waals surface area (Å²) in [6.07, 6.45) is 0. The molecule has 0 aliphatic rings. The van der Waals surface area contributed by atoms with Gasteiger partial charge in [-0.25, -0.2) is 19.7 Å². The second-order valence-electron chi connectivity index (χ2n) is 9.42. The predicted molar refractivity (Wildman–Crippen MR) is 161 cm³/mol. The van der Waals surface area contributed by atoms with Gasteiger partial charge in [-0.05, 0) is 17.7 Å². The maximum absolute atomic E-state index is 8.09. The van der Waals surface area contributed by atoms with Gasteiger partial charge < -0.3 is 0 Å². The first kappa shape index (κ1) is 23.2. The molecule has 5 aromatic carbocycles. The number of para-hydroxylation sites is 1. The average molecular weight is 510 g/mol. The standard InChI is InChI=1S/C35H19N5/c1-36-25-19-17-24(18-20-25)31-27-21-29(37-2)34-35(30(27)26-15-9-10-16-28(26)38-31)40-33(23-13-7-4-8-14-23)32(39-34)22-11-5-3-6-12-22/h3-21H. The number of benzene rings is 5. The summed E-state index contributed by atoms with van der Waals surface area (Å²) < 4.78 is 0. The molecule has 2 aromatic heterocycles. The predicted octanol–water partition coefficient (Wildman–Crippen LogP) is 9.43. The highest BCUT2D eigenvalue weighted by Crippen LogP contribution is 2.42. The van der Waals surface area contributed by atoms with Crippen molar-refractivity contribution >= 4 is 44.1 Å². The fourth-order valence-corrected chi connectivity index (χ4v) is 5.21. The molecule has 0 fully saturated rings. The molecule has 0 unspecified atom stereocenters. The number of nitrogens with zero attached hydrogens (tertiary/aromatic N) is 5. The number of aromatic nitrogens is 3. The summed E-state index contributed by atoms with van der Waals surface area (Å²) in [5, 5.41) is 2.68. The van der Waals surface area contributed by atoms with Crippen LogP contribution < -0.4 is 0 Å². The van der Waals surface area contributed by atoms with Crippen molar-refractivity contribution in [2.75, 3.05) is 0 Å². The molecule has 0 atom stereocenters. The molecule has 0 amide bonds. The van der Waals surface area contributed by atoms with Crippen LogP contribution in [0.25, 0.3) is 76.2 Å². The summed E-state index contributed by atoms with van der Waals surface area (Å²) in [6.45, 7) is 15.4. The van der Waals surface area contributed by atoms with Crippen LogP contribution in [0.3, 0.4) is 0 Å².